The van der Waals surface area contributed by atoms with Crippen LogP contribution in [0.15, 0.2) is 35.8 Å². The smallest absolute Gasteiger partial charge is 0.319 e. The SMILES string of the molecule is O=C(Nc1ccc(-c2nccs2)cc1)NC(C1CC1)C1CC1. The fraction of sp³-hybridized carbons (Fsp3) is 0.412. The first kappa shape index (κ1) is 13.8. The third-order valence-electron chi connectivity index (χ3n) is 4.38. The summed E-state index contributed by atoms with van der Waals surface area (Å²) in [5.74, 6) is 1.43. The van der Waals surface area contributed by atoms with Gasteiger partial charge >= 0.3 is 6.03 Å². The molecule has 114 valence electrons. The number of urea groups is 1. The second-order valence-corrected chi connectivity index (χ2v) is 7.11. The molecule has 0 spiro atoms. The molecule has 4 rings (SSSR count). The van der Waals surface area contributed by atoms with Gasteiger partial charge in [-0.2, -0.15) is 0 Å². The quantitative estimate of drug-likeness (QED) is 0.872. The number of carbonyl (C=O) groups excluding carboxylic acids is 1. The molecule has 1 aromatic carbocycles. The van der Waals surface area contributed by atoms with E-state index in [9.17, 15) is 4.79 Å². The molecule has 0 radical (unpaired) electrons. The molecule has 2 fully saturated rings. The van der Waals surface area contributed by atoms with E-state index >= 15 is 0 Å². The number of thiazole rings is 1. The van der Waals surface area contributed by atoms with Gasteiger partial charge in [0.25, 0.3) is 0 Å². The van der Waals surface area contributed by atoms with Crippen LogP contribution in [0.3, 0.4) is 0 Å². The molecule has 22 heavy (non-hydrogen) atoms. The largest absolute Gasteiger partial charge is 0.335 e. The number of hydrogen-bond donors (Lipinski definition) is 2. The fourth-order valence-electron chi connectivity index (χ4n) is 2.91. The average molecular weight is 313 g/mol. The highest BCUT2D eigenvalue weighted by molar-refractivity contribution is 7.13. The zero-order valence-electron chi connectivity index (χ0n) is 12.3. The molecular weight excluding hydrogens is 294 g/mol. The van der Waals surface area contributed by atoms with Crippen molar-refractivity contribution in [1.29, 1.82) is 0 Å². The van der Waals surface area contributed by atoms with Gasteiger partial charge in [0.1, 0.15) is 5.01 Å². The van der Waals surface area contributed by atoms with Gasteiger partial charge in [-0.15, -0.1) is 11.3 Å². The lowest BCUT2D eigenvalue weighted by Crippen LogP contribution is -2.40. The summed E-state index contributed by atoms with van der Waals surface area (Å²) < 4.78 is 0. The number of aromatic nitrogens is 1. The first-order chi connectivity index (χ1) is 10.8. The van der Waals surface area contributed by atoms with Crippen LogP contribution in [0.4, 0.5) is 10.5 Å². The maximum absolute atomic E-state index is 12.2. The van der Waals surface area contributed by atoms with Gasteiger partial charge in [0, 0.05) is 28.9 Å². The predicted molar refractivity (Wildman–Crippen MR) is 88.9 cm³/mol. The van der Waals surface area contributed by atoms with E-state index in [1.807, 2.05) is 29.6 Å². The molecule has 2 aromatic rings. The molecule has 2 amide bonds. The summed E-state index contributed by atoms with van der Waals surface area (Å²) in [5, 5.41) is 9.08. The molecular formula is C17H19N3OS. The molecule has 5 heteroatoms. The summed E-state index contributed by atoms with van der Waals surface area (Å²) in [6, 6.07) is 8.15. The number of nitrogens with one attached hydrogen (secondary N) is 2. The molecule has 1 heterocycles. The van der Waals surface area contributed by atoms with Gasteiger partial charge in [-0.25, -0.2) is 9.78 Å². The van der Waals surface area contributed by atoms with Crippen molar-refractivity contribution < 1.29 is 4.79 Å². The molecule has 2 aliphatic rings. The number of hydrogen-bond acceptors (Lipinski definition) is 3. The Morgan fingerprint density at radius 3 is 2.36 bits per heavy atom. The molecule has 0 atom stereocenters. The Hall–Kier alpha value is -1.88. The molecule has 2 aliphatic carbocycles. The molecule has 0 bridgehead atoms. The first-order valence-electron chi connectivity index (χ1n) is 7.87. The van der Waals surface area contributed by atoms with Gasteiger partial charge in [-0.3, -0.25) is 0 Å². The minimum atomic E-state index is -0.0780. The van der Waals surface area contributed by atoms with Crippen LogP contribution in [0.5, 0.6) is 0 Å². The van der Waals surface area contributed by atoms with E-state index in [0.29, 0.717) is 17.9 Å². The zero-order chi connectivity index (χ0) is 14.9. The van der Waals surface area contributed by atoms with E-state index in [1.165, 1.54) is 25.7 Å². The van der Waals surface area contributed by atoms with E-state index in [1.54, 1.807) is 17.5 Å². The van der Waals surface area contributed by atoms with Crippen LogP contribution in [0.25, 0.3) is 10.6 Å². The van der Waals surface area contributed by atoms with Gasteiger partial charge in [0.05, 0.1) is 0 Å². The van der Waals surface area contributed by atoms with Crippen LogP contribution in [-0.2, 0) is 0 Å². The Kier molecular flexibility index (Phi) is 3.58. The summed E-state index contributed by atoms with van der Waals surface area (Å²) in [7, 11) is 0. The first-order valence-corrected chi connectivity index (χ1v) is 8.75. The van der Waals surface area contributed by atoms with E-state index in [0.717, 1.165) is 16.3 Å². The van der Waals surface area contributed by atoms with Gasteiger partial charge < -0.3 is 10.6 Å². The molecule has 0 aliphatic heterocycles. The van der Waals surface area contributed by atoms with Crippen molar-refractivity contribution >= 4 is 23.1 Å². The highest BCUT2D eigenvalue weighted by Crippen LogP contribution is 2.44. The van der Waals surface area contributed by atoms with Crippen LogP contribution in [0.1, 0.15) is 25.7 Å². The zero-order valence-corrected chi connectivity index (χ0v) is 13.1. The highest BCUT2D eigenvalue weighted by Gasteiger charge is 2.42. The lowest BCUT2D eigenvalue weighted by Gasteiger charge is -2.18. The van der Waals surface area contributed by atoms with Gasteiger partial charge in [-0.05, 0) is 61.8 Å². The number of nitrogens with zero attached hydrogens (tertiary/aromatic N) is 1. The van der Waals surface area contributed by atoms with Crippen LogP contribution in [0, 0.1) is 11.8 Å². The van der Waals surface area contributed by atoms with Crippen molar-refractivity contribution in [2.24, 2.45) is 11.8 Å². The number of carbonyl (C=O) groups is 1. The monoisotopic (exact) mass is 313 g/mol. The van der Waals surface area contributed by atoms with Crippen molar-refractivity contribution in [2.45, 2.75) is 31.7 Å². The third-order valence-corrected chi connectivity index (χ3v) is 5.20. The number of benzene rings is 1. The van der Waals surface area contributed by atoms with Crippen molar-refractivity contribution in [3.8, 4) is 10.6 Å². The average Bonchev–Trinajstić information content (AvgIpc) is 3.45. The van der Waals surface area contributed by atoms with E-state index < -0.39 is 0 Å². The maximum Gasteiger partial charge on any atom is 0.319 e. The third kappa shape index (κ3) is 3.14. The van der Waals surface area contributed by atoms with Gasteiger partial charge in [-0.1, -0.05) is 0 Å². The second-order valence-electron chi connectivity index (χ2n) is 6.21. The van der Waals surface area contributed by atoms with E-state index in [2.05, 4.69) is 15.6 Å². The molecule has 2 saturated carbocycles. The van der Waals surface area contributed by atoms with Crippen molar-refractivity contribution in [3.63, 3.8) is 0 Å². The molecule has 0 saturated heterocycles. The summed E-state index contributed by atoms with van der Waals surface area (Å²) in [4.78, 5) is 16.5. The van der Waals surface area contributed by atoms with Crippen molar-refractivity contribution in [2.75, 3.05) is 5.32 Å². The van der Waals surface area contributed by atoms with E-state index in [-0.39, 0.29) is 6.03 Å². The normalized spacial score (nSPS) is 17.5. The lowest BCUT2D eigenvalue weighted by molar-refractivity contribution is 0.245. The van der Waals surface area contributed by atoms with Crippen molar-refractivity contribution in [1.82, 2.24) is 10.3 Å². The molecule has 0 unspecified atom stereocenters. The minimum absolute atomic E-state index is 0.0780. The number of amides is 2. The summed E-state index contributed by atoms with van der Waals surface area (Å²) in [6.07, 6.45) is 6.87. The topological polar surface area (TPSA) is 54.0 Å². The fourth-order valence-corrected chi connectivity index (χ4v) is 3.56. The highest BCUT2D eigenvalue weighted by atomic mass is 32.1. The predicted octanol–water partition coefficient (Wildman–Crippen LogP) is 4.12. The van der Waals surface area contributed by atoms with Crippen LogP contribution < -0.4 is 10.6 Å². The Morgan fingerprint density at radius 2 is 1.82 bits per heavy atom. The summed E-state index contributed by atoms with van der Waals surface area (Å²) in [5.41, 5.74) is 1.90. The van der Waals surface area contributed by atoms with Gasteiger partial charge in [0.15, 0.2) is 0 Å². The molecule has 4 nitrogen and oxygen atoms in total. The maximum atomic E-state index is 12.2. The van der Waals surface area contributed by atoms with Crippen LogP contribution in [-0.4, -0.2) is 17.1 Å². The van der Waals surface area contributed by atoms with Crippen LogP contribution in [0.2, 0.25) is 0 Å². The summed E-state index contributed by atoms with van der Waals surface area (Å²) >= 11 is 1.61. The standard InChI is InChI=1S/C17H19N3OS/c21-17(20-15(11-1-2-11)12-3-4-12)19-14-7-5-13(6-8-14)16-18-9-10-22-16/h5-12,15H,1-4H2,(H2,19,20,21). The number of anilines is 1. The number of rotatable bonds is 5. The Bertz CT molecular complexity index is 633. The molecule has 2 N–H and O–H groups in total. The van der Waals surface area contributed by atoms with Crippen LogP contribution >= 0.6 is 11.3 Å². The van der Waals surface area contributed by atoms with Gasteiger partial charge in [0.2, 0.25) is 0 Å². The van der Waals surface area contributed by atoms with E-state index in [4.69, 9.17) is 0 Å². The van der Waals surface area contributed by atoms with Crippen molar-refractivity contribution in [3.05, 3.63) is 35.8 Å². The summed E-state index contributed by atoms with van der Waals surface area (Å²) in [6.45, 7) is 0. The lowest BCUT2D eigenvalue weighted by atomic mass is 10.1. The Labute approximate surface area is 134 Å². The Balaban J connectivity index is 1.37. The Morgan fingerprint density at radius 1 is 1.14 bits per heavy atom. The second kappa shape index (κ2) is 5.72. The molecule has 1 aromatic heterocycles. The minimum Gasteiger partial charge on any atom is -0.335 e.